The van der Waals surface area contributed by atoms with E-state index in [9.17, 15) is 18.0 Å². The average Bonchev–Trinajstić information content (AvgIpc) is 3.62. The van der Waals surface area contributed by atoms with E-state index >= 15 is 0 Å². The average molecular weight is 652 g/mol. The van der Waals surface area contributed by atoms with Gasteiger partial charge in [-0.1, -0.05) is 68.1 Å². The summed E-state index contributed by atoms with van der Waals surface area (Å²) in [6, 6.07) is 20.5. The van der Waals surface area contributed by atoms with Crippen molar-refractivity contribution in [2.45, 2.75) is 32.5 Å². The summed E-state index contributed by atoms with van der Waals surface area (Å²) in [6.07, 6.45) is -2.47. The maximum Gasteiger partial charge on any atom is 0.573 e. The molecule has 5 rings (SSSR count). The number of nitrogens with zero attached hydrogens (tertiary/aromatic N) is 6. The largest absolute Gasteiger partial charge is 0.573 e. The molecule has 0 bridgehead atoms. The molecule has 0 spiro atoms. The SMILES string of the molecule is COCCCNc1nc(-c2ccc(C=NN=C3SCC(=O)N3c3ccccc3C(C)C)cc2)nn1-c1ccc(OC(F)(F)F)cc1. The van der Waals surface area contributed by atoms with E-state index in [0.29, 0.717) is 53.5 Å². The summed E-state index contributed by atoms with van der Waals surface area (Å²) in [6.45, 7) is 5.26. The van der Waals surface area contributed by atoms with E-state index in [1.807, 2.05) is 48.5 Å². The van der Waals surface area contributed by atoms with Crippen molar-refractivity contribution < 1.29 is 27.4 Å². The maximum absolute atomic E-state index is 12.7. The molecule has 1 fully saturated rings. The number of aromatic nitrogens is 3. The summed E-state index contributed by atoms with van der Waals surface area (Å²) in [7, 11) is 1.61. The van der Waals surface area contributed by atoms with Gasteiger partial charge in [0.1, 0.15) is 5.75 Å². The monoisotopic (exact) mass is 651 g/mol. The molecule has 4 aromatic rings. The number of nitrogens with one attached hydrogen (secondary N) is 1. The molecule has 1 aromatic heterocycles. The summed E-state index contributed by atoms with van der Waals surface area (Å²) >= 11 is 1.35. The van der Waals surface area contributed by atoms with Gasteiger partial charge in [0.2, 0.25) is 11.9 Å². The van der Waals surface area contributed by atoms with Gasteiger partial charge in [-0.25, -0.2) is 0 Å². The van der Waals surface area contributed by atoms with Crippen LogP contribution in [0.2, 0.25) is 0 Å². The number of methoxy groups -OCH3 is 1. The number of halogens is 3. The minimum atomic E-state index is -4.78. The van der Waals surface area contributed by atoms with Gasteiger partial charge in [-0.2, -0.15) is 14.8 Å². The highest BCUT2D eigenvalue weighted by Crippen LogP contribution is 2.33. The lowest BCUT2D eigenvalue weighted by Crippen LogP contribution is -2.30. The number of alkyl halides is 3. The second-order valence-electron chi connectivity index (χ2n) is 10.5. The van der Waals surface area contributed by atoms with E-state index < -0.39 is 6.36 Å². The molecule has 1 aliphatic rings. The third kappa shape index (κ3) is 8.12. The van der Waals surface area contributed by atoms with Gasteiger partial charge < -0.3 is 14.8 Å². The summed E-state index contributed by atoms with van der Waals surface area (Å²) < 4.78 is 48.5. The van der Waals surface area contributed by atoms with Crippen molar-refractivity contribution in [3.8, 4) is 22.8 Å². The van der Waals surface area contributed by atoms with Crippen molar-refractivity contribution in [3.05, 3.63) is 83.9 Å². The molecular weight excluding hydrogens is 619 g/mol. The van der Waals surface area contributed by atoms with Crippen molar-refractivity contribution in [2.24, 2.45) is 10.2 Å². The quantitative estimate of drug-likeness (QED) is 0.101. The lowest BCUT2D eigenvalue weighted by Gasteiger charge is -2.20. The van der Waals surface area contributed by atoms with Crippen LogP contribution in [0, 0.1) is 0 Å². The summed E-state index contributed by atoms with van der Waals surface area (Å²) in [5, 5.41) is 17.0. The number of carbonyl (C=O) groups excluding carboxylic acids is 1. The Kier molecular flexibility index (Phi) is 10.4. The first-order chi connectivity index (χ1) is 22.1. The molecule has 0 unspecified atom stereocenters. The van der Waals surface area contributed by atoms with E-state index in [-0.39, 0.29) is 17.6 Å². The van der Waals surface area contributed by atoms with Crippen molar-refractivity contribution >= 4 is 40.7 Å². The number of amides is 1. The van der Waals surface area contributed by atoms with E-state index in [0.717, 1.165) is 16.8 Å². The molecule has 0 aliphatic carbocycles. The number of anilines is 2. The first-order valence-electron chi connectivity index (χ1n) is 14.4. The van der Waals surface area contributed by atoms with Gasteiger partial charge >= 0.3 is 6.36 Å². The predicted octanol–water partition coefficient (Wildman–Crippen LogP) is 6.87. The first kappa shape index (κ1) is 32.7. The standard InChI is InChI=1S/C32H32F3N7O3S/c1-21(2)26-7-4-5-8-27(26)41-28(43)20-46-31(41)39-37-19-22-9-11-23(12-10-22)29-38-30(36-17-6-18-44-3)42(40-29)24-13-15-25(16-14-24)45-32(33,34)35/h4-5,7-16,19,21H,6,17-18,20H2,1-3H3,(H,36,38,40). The Hall–Kier alpha value is -4.69. The number of hydrogen-bond acceptors (Lipinski definition) is 9. The zero-order valence-corrected chi connectivity index (χ0v) is 26.2. The molecule has 1 saturated heterocycles. The van der Waals surface area contributed by atoms with E-state index in [1.165, 1.54) is 40.7 Å². The van der Waals surface area contributed by atoms with Crippen LogP contribution in [0.5, 0.6) is 5.75 Å². The number of benzene rings is 3. The van der Waals surface area contributed by atoms with Crippen LogP contribution in [0.1, 0.15) is 37.3 Å². The Balaban J connectivity index is 1.34. The molecule has 3 aromatic carbocycles. The molecule has 1 N–H and O–H groups in total. The molecule has 0 radical (unpaired) electrons. The molecule has 46 heavy (non-hydrogen) atoms. The van der Waals surface area contributed by atoms with Gasteiger partial charge in [0.25, 0.3) is 0 Å². The number of carbonyl (C=O) groups is 1. The third-order valence-corrected chi connectivity index (χ3v) is 7.73. The number of ether oxygens (including phenoxy) is 2. The Morgan fingerprint density at radius 3 is 2.50 bits per heavy atom. The fourth-order valence-corrected chi connectivity index (χ4v) is 5.47. The van der Waals surface area contributed by atoms with Crippen LogP contribution < -0.4 is 15.0 Å². The van der Waals surface area contributed by atoms with E-state index in [1.54, 1.807) is 18.2 Å². The van der Waals surface area contributed by atoms with Gasteiger partial charge in [0.15, 0.2) is 11.0 Å². The number of thioether (sulfide) groups is 1. The lowest BCUT2D eigenvalue weighted by molar-refractivity contribution is -0.274. The molecule has 14 heteroatoms. The third-order valence-electron chi connectivity index (χ3n) is 6.81. The topological polar surface area (TPSA) is 106 Å². The second kappa shape index (κ2) is 14.6. The van der Waals surface area contributed by atoms with Gasteiger partial charge in [0.05, 0.1) is 23.3 Å². The van der Waals surface area contributed by atoms with Crippen LogP contribution in [-0.4, -0.2) is 64.4 Å². The molecule has 0 atom stereocenters. The molecule has 2 heterocycles. The molecule has 1 aliphatic heterocycles. The molecular formula is C32H32F3N7O3S. The van der Waals surface area contributed by atoms with Crippen molar-refractivity contribution in [1.82, 2.24) is 14.8 Å². The van der Waals surface area contributed by atoms with Crippen LogP contribution in [0.3, 0.4) is 0 Å². The zero-order chi connectivity index (χ0) is 32.7. The number of para-hydroxylation sites is 1. The summed E-state index contributed by atoms with van der Waals surface area (Å²) in [5.41, 5.74) is 3.86. The van der Waals surface area contributed by atoms with Crippen LogP contribution in [0.4, 0.5) is 24.8 Å². The first-order valence-corrected chi connectivity index (χ1v) is 15.4. The molecule has 0 saturated carbocycles. The Labute approximate surface area is 268 Å². The number of hydrogen-bond donors (Lipinski definition) is 1. The van der Waals surface area contributed by atoms with Crippen LogP contribution in [0.15, 0.2) is 83.0 Å². The second-order valence-corrected chi connectivity index (χ2v) is 11.4. The van der Waals surface area contributed by atoms with Crippen molar-refractivity contribution in [3.63, 3.8) is 0 Å². The van der Waals surface area contributed by atoms with Crippen LogP contribution in [-0.2, 0) is 9.53 Å². The van der Waals surface area contributed by atoms with Crippen LogP contribution in [0.25, 0.3) is 17.1 Å². The molecule has 1 amide bonds. The number of rotatable bonds is 12. The fraction of sp³-hybridized carbons (Fsp3) is 0.281. The van der Waals surface area contributed by atoms with Gasteiger partial charge in [0, 0.05) is 25.8 Å². The Morgan fingerprint density at radius 2 is 1.80 bits per heavy atom. The highest BCUT2D eigenvalue weighted by atomic mass is 32.2. The van der Waals surface area contributed by atoms with Gasteiger partial charge in [-0.05, 0) is 53.8 Å². The Bertz CT molecular complexity index is 1710. The summed E-state index contributed by atoms with van der Waals surface area (Å²) in [4.78, 5) is 19.0. The highest BCUT2D eigenvalue weighted by molar-refractivity contribution is 8.15. The van der Waals surface area contributed by atoms with Gasteiger partial charge in [-0.15, -0.1) is 23.4 Å². The smallest absolute Gasteiger partial charge is 0.406 e. The van der Waals surface area contributed by atoms with Crippen molar-refractivity contribution in [1.29, 1.82) is 0 Å². The minimum Gasteiger partial charge on any atom is -0.406 e. The van der Waals surface area contributed by atoms with E-state index in [2.05, 4.69) is 44.2 Å². The van der Waals surface area contributed by atoms with Gasteiger partial charge in [-0.3, -0.25) is 9.69 Å². The van der Waals surface area contributed by atoms with Crippen LogP contribution >= 0.6 is 11.8 Å². The minimum absolute atomic E-state index is 0.0403. The number of amidine groups is 1. The normalized spacial score (nSPS) is 14.6. The predicted molar refractivity (Wildman–Crippen MR) is 174 cm³/mol. The highest BCUT2D eigenvalue weighted by Gasteiger charge is 2.32. The maximum atomic E-state index is 12.7. The molecule has 240 valence electrons. The van der Waals surface area contributed by atoms with E-state index in [4.69, 9.17) is 4.74 Å². The Morgan fingerprint density at radius 1 is 1.07 bits per heavy atom. The molecule has 10 nitrogen and oxygen atoms in total. The zero-order valence-electron chi connectivity index (χ0n) is 25.4. The fourth-order valence-electron chi connectivity index (χ4n) is 4.65. The summed E-state index contributed by atoms with van der Waals surface area (Å²) in [5.74, 6) is 0.989. The van der Waals surface area contributed by atoms with Crippen molar-refractivity contribution in [2.75, 3.05) is 36.2 Å². The lowest BCUT2D eigenvalue weighted by atomic mass is 10.0.